The Hall–Kier alpha value is -0.880. The molecule has 0 saturated carbocycles. The second-order valence-electron chi connectivity index (χ2n) is 3.61. The first-order valence-corrected chi connectivity index (χ1v) is 7.34. The monoisotopic (exact) mass is 392 g/mol. The lowest BCUT2D eigenvalue weighted by Crippen LogP contribution is -2.40. The van der Waals surface area contributed by atoms with Crippen molar-refractivity contribution in [2.45, 2.75) is 18.2 Å². The molecule has 0 spiro atoms. The van der Waals surface area contributed by atoms with Crippen LogP contribution < -0.4 is 0 Å². The van der Waals surface area contributed by atoms with E-state index in [4.69, 9.17) is 9.47 Å². The lowest BCUT2D eigenvalue weighted by molar-refractivity contribution is -0.158. The summed E-state index contributed by atoms with van der Waals surface area (Å²) < 4.78 is 9.14. The first-order valence-electron chi connectivity index (χ1n) is 5.76. The summed E-state index contributed by atoms with van der Waals surface area (Å²) in [5.74, 6) is -1.37. The minimum atomic E-state index is -1.63. The Labute approximate surface area is 128 Å². The van der Waals surface area contributed by atoms with Crippen LogP contribution in [0, 0.1) is 0 Å². The zero-order valence-electron chi connectivity index (χ0n) is 10.6. The van der Waals surface area contributed by atoms with Crippen molar-refractivity contribution in [2.24, 2.45) is 0 Å². The zero-order valence-corrected chi connectivity index (χ0v) is 13.8. The molecule has 6 heteroatoms. The van der Waals surface area contributed by atoms with Gasteiger partial charge in [-0.25, -0.2) is 9.59 Å². The molecule has 0 aliphatic carbocycles. The number of ether oxygens (including phenoxy) is 2. The summed E-state index contributed by atoms with van der Waals surface area (Å²) in [5, 5.41) is 0. The first-order chi connectivity index (χ1) is 8.96. The smallest absolute Gasteiger partial charge is 0.339 e. The van der Waals surface area contributed by atoms with Gasteiger partial charge in [-0.3, -0.25) is 0 Å². The highest BCUT2D eigenvalue weighted by molar-refractivity contribution is 9.10. The predicted octanol–water partition coefficient (Wildman–Crippen LogP) is 3.17. The van der Waals surface area contributed by atoms with Gasteiger partial charge in [0.1, 0.15) is 0 Å². The molecule has 0 aliphatic rings. The second kappa shape index (κ2) is 7.05. The van der Waals surface area contributed by atoms with Gasteiger partial charge in [0.25, 0.3) is 0 Å². The average Bonchev–Trinajstić information content (AvgIpc) is 2.39. The van der Waals surface area contributed by atoms with Gasteiger partial charge in [-0.05, 0) is 31.5 Å². The highest BCUT2D eigenvalue weighted by Gasteiger charge is 2.48. The van der Waals surface area contributed by atoms with E-state index >= 15 is 0 Å². The fraction of sp³-hybridized carbons (Fsp3) is 0.385. The van der Waals surface area contributed by atoms with E-state index in [9.17, 15) is 9.59 Å². The number of carbonyl (C=O) groups is 2. The Bertz CT molecular complexity index is 438. The molecule has 0 amide bonds. The second-order valence-corrected chi connectivity index (χ2v) is 5.71. The highest BCUT2D eigenvalue weighted by atomic mass is 79.9. The molecule has 0 fully saturated rings. The summed E-state index contributed by atoms with van der Waals surface area (Å²) in [6, 6.07) is 6.80. The molecule has 0 heterocycles. The SMILES string of the molecule is CCOC(=O)C(Br)(C(=O)OCC)c1ccc(Br)cc1. The number of hydrogen-bond acceptors (Lipinski definition) is 4. The fourth-order valence-electron chi connectivity index (χ4n) is 1.46. The summed E-state index contributed by atoms with van der Waals surface area (Å²) in [5.41, 5.74) is 0.465. The van der Waals surface area contributed by atoms with Crippen LogP contribution in [0.4, 0.5) is 0 Å². The van der Waals surface area contributed by atoms with Crippen molar-refractivity contribution >= 4 is 43.8 Å². The maximum atomic E-state index is 12.1. The largest absolute Gasteiger partial charge is 0.464 e. The maximum absolute atomic E-state index is 12.1. The van der Waals surface area contributed by atoms with E-state index in [1.165, 1.54) is 0 Å². The van der Waals surface area contributed by atoms with Gasteiger partial charge in [-0.2, -0.15) is 0 Å². The molecule has 104 valence electrons. The van der Waals surface area contributed by atoms with Crippen LogP contribution in [0.25, 0.3) is 0 Å². The fourth-order valence-corrected chi connectivity index (χ4v) is 2.22. The molecule has 0 radical (unpaired) electrons. The highest BCUT2D eigenvalue weighted by Crippen LogP contribution is 2.35. The molecule has 0 atom stereocenters. The van der Waals surface area contributed by atoms with Crippen LogP contribution in [0.3, 0.4) is 0 Å². The molecule has 1 aromatic carbocycles. The Kier molecular flexibility index (Phi) is 6.00. The summed E-state index contributed by atoms with van der Waals surface area (Å²) in [6.45, 7) is 3.72. The number of carbonyl (C=O) groups excluding carboxylic acids is 2. The van der Waals surface area contributed by atoms with E-state index in [1.54, 1.807) is 38.1 Å². The number of esters is 2. The topological polar surface area (TPSA) is 52.6 Å². The van der Waals surface area contributed by atoms with E-state index in [-0.39, 0.29) is 13.2 Å². The third-order valence-corrected chi connectivity index (χ3v) is 3.99. The van der Waals surface area contributed by atoms with Gasteiger partial charge in [-0.1, -0.05) is 44.0 Å². The van der Waals surface area contributed by atoms with Crippen LogP contribution in [0.1, 0.15) is 19.4 Å². The average molecular weight is 394 g/mol. The molecule has 0 aromatic heterocycles. The molecule has 0 N–H and O–H groups in total. The summed E-state index contributed by atoms with van der Waals surface area (Å²) in [4.78, 5) is 24.2. The number of benzene rings is 1. The van der Waals surface area contributed by atoms with E-state index in [2.05, 4.69) is 31.9 Å². The van der Waals surface area contributed by atoms with Gasteiger partial charge in [0.05, 0.1) is 13.2 Å². The van der Waals surface area contributed by atoms with Crippen LogP contribution in [0.2, 0.25) is 0 Å². The third kappa shape index (κ3) is 3.57. The van der Waals surface area contributed by atoms with E-state index < -0.39 is 16.3 Å². The Balaban J connectivity index is 3.21. The number of alkyl halides is 1. The number of rotatable bonds is 5. The van der Waals surface area contributed by atoms with E-state index in [0.29, 0.717) is 5.56 Å². The van der Waals surface area contributed by atoms with Gasteiger partial charge < -0.3 is 9.47 Å². The van der Waals surface area contributed by atoms with Crippen molar-refractivity contribution in [3.63, 3.8) is 0 Å². The minimum absolute atomic E-state index is 0.183. The summed E-state index contributed by atoms with van der Waals surface area (Å²) in [7, 11) is 0. The van der Waals surface area contributed by atoms with Crippen LogP contribution in [0.15, 0.2) is 28.7 Å². The van der Waals surface area contributed by atoms with E-state index in [0.717, 1.165) is 4.47 Å². The van der Waals surface area contributed by atoms with Gasteiger partial charge in [0, 0.05) is 4.47 Å². The van der Waals surface area contributed by atoms with Crippen molar-refractivity contribution in [1.82, 2.24) is 0 Å². The Morgan fingerprint density at radius 3 is 1.84 bits per heavy atom. The predicted molar refractivity (Wildman–Crippen MR) is 78.0 cm³/mol. The minimum Gasteiger partial charge on any atom is -0.464 e. The van der Waals surface area contributed by atoms with E-state index in [1.807, 2.05) is 0 Å². The van der Waals surface area contributed by atoms with Crippen molar-refractivity contribution < 1.29 is 19.1 Å². The van der Waals surface area contributed by atoms with Crippen molar-refractivity contribution in [1.29, 1.82) is 0 Å². The van der Waals surface area contributed by atoms with Crippen molar-refractivity contribution in [2.75, 3.05) is 13.2 Å². The molecule has 4 nitrogen and oxygen atoms in total. The lowest BCUT2D eigenvalue weighted by atomic mass is 9.99. The van der Waals surface area contributed by atoms with Crippen LogP contribution >= 0.6 is 31.9 Å². The quantitative estimate of drug-likeness (QED) is 0.438. The van der Waals surface area contributed by atoms with Gasteiger partial charge in [-0.15, -0.1) is 0 Å². The number of hydrogen-bond donors (Lipinski definition) is 0. The maximum Gasteiger partial charge on any atom is 0.339 e. The standard InChI is InChI=1S/C13H14Br2O4/c1-3-18-11(16)13(15,12(17)19-4-2)9-5-7-10(14)8-6-9/h5-8H,3-4H2,1-2H3. The molecule has 0 saturated heterocycles. The molecule has 0 aliphatic heterocycles. The molecule has 1 rings (SSSR count). The lowest BCUT2D eigenvalue weighted by Gasteiger charge is -2.23. The van der Waals surface area contributed by atoms with Gasteiger partial charge in [0.2, 0.25) is 4.32 Å². The van der Waals surface area contributed by atoms with Gasteiger partial charge >= 0.3 is 11.9 Å². The Morgan fingerprint density at radius 1 is 1.05 bits per heavy atom. The Morgan fingerprint density at radius 2 is 1.47 bits per heavy atom. The molecule has 0 unspecified atom stereocenters. The molecule has 1 aromatic rings. The van der Waals surface area contributed by atoms with Gasteiger partial charge in [0.15, 0.2) is 0 Å². The molecule has 0 bridgehead atoms. The van der Waals surface area contributed by atoms with Crippen LogP contribution in [0.5, 0.6) is 0 Å². The van der Waals surface area contributed by atoms with Crippen molar-refractivity contribution in [3.05, 3.63) is 34.3 Å². The molecular weight excluding hydrogens is 380 g/mol. The normalized spacial score (nSPS) is 10.9. The summed E-state index contributed by atoms with van der Waals surface area (Å²) >= 11 is 6.49. The van der Waals surface area contributed by atoms with Crippen molar-refractivity contribution in [3.8, 4) is 0 Å². The van der Waals surface area contributed by atoms with Crippen LogP contribution in [-0.2, 0) is 23.4 Å². The first kappa shape index (κ1) is 16.2. The third-order valence-electron chi connectivity index (χ3n) is 2.36. The molecule has 19 heavy (non-hydrogen) atoms. The number of halogens is 2. The summed E-state index contributed by atoms with van der Waals surface area (Å²) in [6.07, 6.45) is 0. The molecular formula is C13H14Br2O4. The van der Waals surface area contributed by atoms with Crippen LogP contribution in [-0.4, -0.2) is 25.2 Å². The zero-order chi connectivity index (χ0) is 14.5.